The van der Waals surface area contributed by atoms with Gasteiger partial charge in [0.05, 0.1) is 0 Å². The Bertz CT molecular complexity index is 332. The summed E-state index contributed by atoms with van der Waals surface area (Å²) in [6.45, 7) is -0.244. The number of nitrogens with two attached hydrogens (primary N) is 1. The standard InChI is InChI=1S/C9H9F2NO/c10-9(11)8(5-12)6-2-1-3-7(13)4-6/h1-4,13H,5,12H2. The molecule has 0 fully saturated rings. The topological polar surface area (TPSA) is 46.2 Å². The minimum Gasteiger partial charge on any atom is -0.508 e. The Morgan fingerprint density at radius 1 is 1.38 bits per heavy atom. The SMILES string of the molecule is NCC(=C(F)F)c1cccc(O)c1. The zero-order valence-corrected chi connectivity index (χ0v) is 6.80. The maximum atomic E-state index is 12.2. The van der Waals surface area contributed by atoms with Crippen LogP contribution >= 0.6 is 0 Å². The fourth-order valence-electron chi connectivity index (χ4n) is 0.998. The summed E-state index contributed by atoms with van der Waals surface area (Å²) in [6.07, 6.45) is -1.81. The van der Waals surface area contributed by atoms with Gasteiger partial charge in [-0.05, 0) is 17.7 Å². The number of phenolic OH excluding ortho intramolecular Hbond substituents is 1. The maximum absolute atomic E-state index is 12.2. The lowest BCUT2D eigenvalue weighted by Crippen LogP contribution is -2.03. The predicted molar refractivity (Wildman–Crippen MR) is 46.3 cm³/mol. The van der Waals surface area contributed by atoms with Gasteiger partial charge in [-0.15, -0.1) is 0 Å². The first-order chi connectivity index (χ1) is 6.15. The van der Waals surface area contributed by atoms with Gasteiger partial charge >= 0.3 is 0 Å². The number of hydrogen-bond acceptors (Lipinski definition) is 2. The molecule has 0 radical (unpaired) electrons. The summed E-state index contributed by atoms with van der Waals surface area (Å²) in [5, 5.41) is 9.03. The van der Waals surface area contributed by atoms with E-state index in [1.807, 2.05) is 0 Å². The lowest BCUT2D eigenvalue weighted by Gasteiger charge is -2.03. The first-order valence-corrected chi connectivity index (χ1v) is 3.68. The number of phenols is 1. The Balaban J connectivity index is 3.14. The van der Waals surface area contributed by atoms with Crippen LogP contribution in [0.15, 0.2) is 30.3 Å². The van der Waals surface area contributed by atoms with E-state index in [-0.39, 0.29) is 23.4 Å². The van der Waals surface area contributed by atoms with E-state index < -0.39 is 6.08 Å². The van der Waals surface area contributed by atoms with Crippen LogP contribution in [0.25, 0.3) is 5.57 Å². The molecule has 0 aromatic heterocycles. The molecule has 0 atom stereocenters. The van der Waals surface area contributed by atoms with Crippen LogP contribution in [0.3, 0.4) is 0 Å². The molecule has 1 aromatic rings. The lowest BCUT2D eigenvalue weighted by molar-refractivity contribution is 0.424. The average molecular weight is 185 g/mol. The van der Waals surface area contributed by atoms with Crippen LogP contribution in [-0.4, -0.2) is 11.7 Å². The van der Waals surface area contributed by atoms with Crippen molar-refractivity contribution in [3.63, 3.8) is 0 Å². The molecule has 0 amide bonds. The Kier molecular flexibility index (Phi) is 2.97. The second-order valence-corrected chi connectivity index (χ2v) is 2.49. The molecule has 1 aromatic carbocycles. The van der Waals surface area contributed by atoms with Gasteiger partial charge in [-0.1, -0.05) is 12.1 Å². The molecular formula is C9H9F2NO. The van der Waals surface area contributed by atoms with Gasteiger partial charge < -0.3 is 10.8 Å². The zero-order chi connectivity index (χ0) is 9.84. The summed E-state index contributed by atoms with van der Waals surface area (Å²) in [4.78, 5) is 0. The molecule has 0 spiro atoms. The fraction of sp³-hybridized carbons (Fsp3) is 0.111. The molecule has 1 rings (SSSR count). The van der Waals surface area contributed by atoms with Crippen LogP contribution in [0.2, 0.25) is 0 Å². The highest BCUT2D eigenvalue weighted by Gasteiger charge is 2.07. The van der Waals surface area contributed by atoms with Crippen molar-refractivity contribution in [3.8, 4) is 5.75 Å². The summed E-state index contributed by atoms with van der Waals surface area (Å²) in [6, 6.07) is 5.62. The van der Waals surface area contributed by atoms with Gasteiger partial charge in [0.25, 0.3) is 6.08 Å². The van der Waals surface area contributed by atoms with Crippen LogP contribution in [-0.2, 0) is 0 Å². The molecule has 0 heterocycles. The third-order valence-corrected chi connectivity index (χ3v) is 1.63. The molecule has 0 aliphatic rings. The van der Waals surface area contributed by atoms with Crippen LogP contribution in [0, 0.1) is 0 Å². The first kappa shape index (κ1) is 9.67. The Morgan fingerprint density at radius 3 is 2.54 bits per heavy atom. The van der Waals surface area contributed by atoms with Gasteiger partial charge in [0.15, 0.2) is 0 Å². The largest absolute Gasteiger partial charge is 0.508 e. The van der Waals surface area contributed by atoms with Crippen molar-refractivity contribution in [3.05, 3.63) is 35.9 Å². The van der Waals surface area contributed by atoms with Crippen molar-refractivity contribution < 1.29 is 13.9 Å². The monoisotopic (exact) mass is 185 g/mol. The van der Waals surface area contributed by atoms with Crippen molar-refractivity contribution in [1.29, 1.82) is 0 Å². The van der Waals surface area contributed by atoms with Crippen LogP contribution in [0.5, 0.6) is 5.75 Å². The highest BCUT2D eigenvalue weighted by atomic mass is 19.3. The summed E-state index contributed by atoms with van der Waals surface area (Å²) in [5.74, 6) is -0.0512. The van der Waals surface area contributed by atoms with Gasteiger partial charge in [0, 0.05) is 12.1 Å². The van der Waals surface area contributed by atoms with E-state index in [4.69, 9.17) is 10.8 Å². The van der Waals surface area contributed by atoms with E-state index in [1.165, 1.54) is 24.3 Å². The Hall–Kier alpha value is -1.42. The predicted octanol–water partition coefficient (Wildman–Crippen LogP) is 1.96. The number of halogens is 2. The molecule has 70 valence electrons. The molecular weight excluding hydrogens is 176 g/mol. The van der Waals surface area contributed by atoms with E-state index >= 15 is 0 Å². The van der Waals surface area contributed by atoms with Crippen molar-refractivity contribution in [2.75, 3.05) is 6.54 Å². The lowest BCUT2D eigenvalue weighted by atomic mass is 10.1. The molecule has 0 saturated carbocycles. The molecule has 3 N–H and O–H groups in total. The molecule has 0 aliphatic carbocycles. The molecule has 0 aliphatic heterocycles. The van der Waals surface area contributed by atoms with E-state index in [0.717, 1.165) is 0 Å². The van der Waals surface area contributed by atoms with E-state index in [1.54, 1.807) is 0 Å². The number of rotatable bonds is 2. The van der Waals surface area contributed by atoms with Gasteiger partial charge in [0.1, 0.15) is 5.75 Å². The van der Waals surface area contributed by atoms with E-state index in [0.29, 0.717) is 0 Å². The maximum Gasteiger partial charge on any atom is 0.275 e. The molecule has 0 bridgehead atoms. The molecule has 4 heteroatoms. The second kappa shape index (κ2) is 4.00. The van der Waals surface area contributed by atoms with Gasteiger partial charge in [-0.2, -0.15) is 8.78 Å². The molecule has 2 nitrogen and oxygen atoms in total. The van der Waals surface area contributed by atoms with Crippen molar-refractivity contribution in [1.82, 2.24) is 0 Å². The minimum absolute atomic E-state index is 0.0512. The summed E-state index contributed by atoms with van der Waals surface area (Å²) in [5.41, 5.74) is 5.15. The number of benzene rings is 1. The van der Waals surface area contributed by atoms with E-state index in [9.17, 15) is 8.78 Å². The normalized spacial score (nSPS) is 9.77. The minimum atomic E-state index is -1.81. The highest BCUT2D eigenvalue weighted by molar-refractivity contribution is 5.68. The molecule has 0 unspecified atom stereocenters. The van der Waals surface area contributed by atoms with Crippen LogP contribution in [0.1, 0.15) is 5.56 Å². The average Bonchev–Trinajstić information content (AvgIpc) is 2.04. The van der Waals surface area contributed by atoms with Gasteiger partial charge in [-0.3, -0.25) is 0 Å². The molecule has 0 saturated heterocycles. The zero-order valence-electron chi connectivity index (χ0n) is 6.80. The Morgan fingerprint density at radius 2 is 2.08 bits per heavy atom. The van der Waals surface area contributed by atoms with Crippen LogP contribution < -0.4 is 5.73 Å². The fourth-order valence-corrected chi connectivity index (χ4v) is 0.998. The van der Waals surface area contributed by atoms with Crippen molar-refractivity contribution in [2.24, 2.45) is 5.73 Å². The van der Waals surface area contributed by atoms with Crippen molar-refractivity contribution in [2.45, 2.75) is 0 Å². The third-order valence-electron chi connectivity index (χ3n) is 1.63. The van der Waals surface area contributed by atoms with Crippen molar-refractivity contribution >= 4 is 5.57 Å². The number of hydrogen-bond donors (Lipinski definition) is 2. The highest BCUT2D eigenvalue weighted by Crippen LogP contribution is 2.22. The van der Waals surface area contributed by atoms with E-state index in [2.05, 4.69) is 0 Å². The smallest absolute Gasteiger partial charge is 0.275 e. The quantitative estimate of drug-likeness (QED) is 0.739. The molecule has 13 heavy (non-hydrogen) atoms. The summed E-state index contributed by atoms with van der Waals surface area (Å²) < 4.78 is 24.5. The number of aromatic hydroxyl groups is 1. The Labute approximate surface area is 74.3 Å². The first-order valence-electron chi connectivity index (χ1n) is 3.68. The van der Waals surface area contributed by atoms with Crippen LogP contribution in [0.4, 0.5) is 8.78 Å². The summed E-state index contributed by atoms with van der Waals surface area (Å²) >= 11 is 0. The van der Waals surface area contributed by atoms with Gasteiger partial charge in [-0.25, -0.2) is 0 Å². The second-order valence-electron chi connectivity index (χ2n) is 2.49. The summed E-state index contributed by atoms with van der Waals surface area (Å²) in [7, 11) is 0. The van der Waals surface area contributed by atoms with Gasteiger partial charge in [0.2, 0.25) is 0 Å². The third kappa shape index (κ3) is 2.26.